The van der Waals surface area contributed by atoms with Gasteiger partial charge in [0.2, 0.25) is 0 Å². The number of aryl methyl sites for hydroxylation is 1. The maximum Gasteiger partial charge on any atom is 0.148 e. The number of hydrogen-bond donors (Lipinski definition) is 1. The molecule has 0 aliphatic heterocycles. The maximum atomic E-state index is 14.2. The van der Waals surface area contributed by atoms with Gasteiger partial charge in [0.25, 0.3) is 0 Å². The van der Waals surface area contributed by atoms with Crippen LogP contribution in [-0.4, -0.2) is 9.97 Å². The molecule has 4 rings (SSSR count). The summed E-state index contributed by atoms with van der Waals surface area (Å²) in [6, 6.07) is 7.19. The molecule has 3 heterocycles. The number of aromatic nitrogens is 2. The van der Waals surface area contributed by atoms with Crippen LogP contribution in [0.5, 0.6) is 0 Å². The van der Waals surface area contributed by atoms with Crippen molar-refractivity contribution in [2.45, 2.75) is 6.92 Å². The Kier molecular flexibility index (Phi) is 2.87. The predicted octanol–water partition coefficient (Wildman–Crippen LogP) is 5.10. The molecule has 0 saturated heterocycles. The molecule has 0 radical (unpaired) electrons. The molecule has 0 spiro atoms. The van der Waals surface area contributed by atoms with Gasteiger partial charge in [-0.25, -0.2) is 14.4 Å². The van der Waals surface area contributed by atoms with Gasteiger partial charge in [0.1, 0.15) is 10.6 Å². The Balaban J connectivity index is 1.83. The number of nitrogens with one attached hydrogen (secondary N) is 1. The quantitative estimate of drug-likeness (QED) is 0.559. The van der Waals surface area contributed by atoms with Crippen molar-refractivity contribution in [1.82, 2.24) is 9.97 Å². The molecular formula is C15H10FN3S2. The number of rotatable bonds is 2. The Morgan fingerprint density at radius 3 is 2.95 bits per heavy atom. The molecule has 1 N–H and O–H groups in total. The van der Waals surface area contributed by atoms with Crippen LogP contribution in [-0.2, 0) is 0 Å². The standard InChI is InChI=1S/C15H10FN3S2/c1-8-4-9-11(2-3-17-15(9)21-8)19-12-6-13-14(5-10(12)16)20-7-18-13/h2-7H,1H3,(H,17,19). The molecular weight excluding hydrogens is 305 g/mol. The molecule has 104 valence electrons. The van der Waals surface area contributed by atoms with Crippen LogP contribution in [0.15, 0.2) is 36.0 Å². The van der Waals surface area contributed by atoms with E-state index in [1.807, 2.05) is 13.0 Å². The lowest BCUT2D eigenvalue weighted by atomic mass is 10.2. The summed E-state index contributed by atoms with van der Waals surface area (Å²) in [5, 5.41) is 4.18. The third-order valence-electron chi connectivity index (χ3n) is 3.25. The molecule has 0 unspecified atom stereocenters. The van der Waals surface area contributed by atoms with Crippen molar-refractivity contribution >= 4 is 54.5 Å². The van der Waals surface area contributed by atoms with Gasteiger partial charge in [-0.2, -0.15) is 0 Å². The summed E-state index contributed by atoms with van der Waals surface area (Å²) in [5.41, 5.74) is 3.82. The number of fused-ring (bicyclic) bond motifs is 2. The van der Waals surface area contributed by atoms with Crippen molar-refractivity contribution in [3.63, 3.8) is 0 Å². The summed E-state index contributed by atoms with van der Waals surface area (Å²) in [5.74, 6) is -0.274. The Bertz CT molecular complexity index is 958. The zero-order valence-corrected chi connectivity index (χ0v) is 12.7. The van der Waals surface area contributed by atoms with Crippen LogP contribution in [0.4, 0.5) is 15.8 Å². The van der Waals surface area contributed by atoms with E-state index in [1.54, 1.807) is 29.1 Å². The number of nitrogens with zero attached hydrogens (tertiary/aromatic N) is 2. The fourth-order valence-corrected chi connectivity index (χ4v) is 3.85. The van der Waals surface area contributed by atoms with Gasteiger partial charge in [-0.15, -0.1) is 22.7 Å². The molecule has 21 heavy (non-hydrogen) atoms. The molecule has 0 aliphatic rings. The fraction of sp³-hybridized carbons (Fsp3) is 0.0667. The zero-order valence-electron chi connectivity index (χ0n) is 11.1. The van der Waals surface area contributed by atoms with Gasteiger partial charge in [0.05, 0.1) is 27.1 Å². The minimum atomic E-state index is -0.274. The highest BCUT2D eigenvalue weighted by molar-refractivity contribution is 7.18. The SMILES string of the molecule is Cc1cc2c(Nc3cc4ncsc4cc3F)ccnc2s1. The van der Waals surface area contributed by atoms with Crippen LogP contribution in [0.1, 0.15) is 4.88 Å². The molecule has 4 aromatic rings. The number of thiazole rings is 1. The Labute approximate surface area is 128 Å². The number of thiophene rings is 1. The normalized spacial score (nSPS) is 11.3. The van der Waals surface area contributed by atoms with Crippen molar-refractivity contribution in [2.24, 2.45) is 0 Å². The largest absolute Gasteiger partial charge is 0.352 e. The Hall–Kier alpha value is -2.05. The topological polar surface area (TPSA) is 37.8 Å². The average Bonchev–Trinajstić information content (AvgIpc) is 3.04. The first-order valence-electron chi connectivity index (χ1n) is 6.35. The van der Waals surface area contributed by atoms with E-state index >= 15 is 0 Å². The molecule has 0 amide bonds. The van der Waals surface area contributed by atoms with Crippen LogP contribution >= 0.6 is 22.7 Å². The van der Waals surface area contributed by atoms with Gasteiger partial charge in [-0.3, -0.25) is 0 Å². The fourth-order valence-electron chi connectivity index (χ4n) is 2.29. The van der Waals surface area contributed by atoms with Crippen molar-refractivity contribution in [3.8, 4) is 0 Å². The molecule has 0 aliphatic carbocycles. The first-order chi connectivity index (χ1) is 10.2. The van der Waals surface area contributed by atoms with Crippen LogP contribution in [0.25, 0.3) is 20.4 Å². The highest BCUT2D eigenvalue weighted by atomic mass is 32.1. The number of anilines is 2. The molecule has 0 fully saturated rings. The van der Waals surface area contributed by atoms with Crippen LogP contribution in [0, 0.1) is 12.7 Å². The van der Waals surface area contributed by atoms with E-state index < -0.39 is 0 Å². The van der Waals surface area contributed by atoms with Crippen molar-refractivity contribution in [1.29, 1.82) is 0 Å². The van der Waals surface area contributed by atoms with Crippen LogP contribution in [0.2, 0.25) is 0 Å². The summed E-state index contributed by atoms with van der Waals surface area (Å²) < 4.78 is 15.0. The lowest BCUT2D eigenvalue weighted by molar-refractivity contribution is 0.634. The van der Waals surface area contributed by atoms with Crippen molar-refractivity contribution in [2.75, 3.05) is 5.32 Å². The first-order valence-corrected chi connectivity index (χ1v) is 8.05. The van der Waals surface area contributed by atoms with Crippen LogP contribution in [0.3, 0.4) is 0 Å². The highest BCUT2D eigenvalue weighted by Gasteiger charge is 2.10. The van der Waals surface area contributed by atoms with Gasteiger partial charge >= 0.3 is 0 Å². The third-order valence-corrected chi connectivity index (χ3v) is 5.00. The molecule has 3 aromatic heterocycles. The average molecular weight is 315 g/mol. The second kappa shape index (κ2) is 4.75. The van der Waals surface area contributed by atoms with Crippen molar-refractivity contribution < 1.29 is 4.39 Å². The van der Waals surface area contributed by atoms with E-state index in [-0.39, 0.29) is 5.82 Å². The monoisotopic (exact) mass is 315 g/mol. The summed E-state index contributed by atoms with van der Waals surface area (Å²) in [6.45, 7) is 2.04. The maximum absolute atomic E-state index is 14.2. The molecule has 0 saturated carbocycles. The lowest BCUT2D eigenvalue weighted by Crippen LogP contribution is -1.94. The summed E-state index contributed by atoms with van der Waals surface area (Å²) >= 11 is 3.06. The minimum Gasteiger partial charge on any atom is -0.352 e. The highest BCUT2D eigenvalue weighted by Crippen LogP contribution is 2.33. The smallest absolute Gasteiger partial charge is 0.148 e. The summed E-state index contributed by atoms with van der Waals surface area (Å²) in [4.78, 5) is 10.7. The van der Waals surface area contributed by atoms with Gasteiger partial charge in [0.15, 0.2) is 0 Å². The third kappa shape index (κ3) is 2.16. The molecule has 0 bridgehead atoms. The van der Waals surface area contributed by atoms with E-state index in [4.69, 9.17) is 0 Å². The summed E-state index contributed by atoms with van der Waals surface area (Å²) in [7, 11) is 0. The van der Waals surface area contributed by atoms with Crippen molar-refractivity contribution in [3.05, 3.63) is 46.7 Å². The van der Waals surface area contributed by atoms with E-state index in [2.05, 4.69) is 21.4 Å². The van der Waals surface area contributed by atoms with E-state index in [1.165, 1.54) is 22.3 Å². The van der Waals surface area contributed by atoms with Crippen LogP contribution < -0.4 is 5.32 Å². The summed E-state index contributed by atoms with van der Waals surface area (Å²) in [6.07, 6.45) is 1.74. The van der Waals surface area contributed by atoms with Gasteiger partial charge < -0.3 is 5.32 Å². The Morgan fingerprint density at radius 1 is 1.14 bits per heavy atom. The van der Waals surface area contributed by atoms with Gasteiger partial charge in [-0.1, -0.05) is 0 Å². The van der Waals surface area contributed by atoms with E-state index in [0.717, 1.165) is 26.1 Å². The number of halogens is 1. The molecule has 0 atom stereocenters. The first kappa shape index (κ1) is 12.7. The lowest BCUT2D eigenvalue weighted by Gasteiger charge is -2.08. The molecule has 6 heteroatoms. The molecule has 3 nitrogen and oxygen atoms in total. The van der Waals surface area contributed by atoms with Gasteiger partial charge in [-0.05, 0) is 31.2 Å². The second-order valence-electron chi connectivity index (χ2n) is 4.71. The van der Waals surface area contributed by atoms with E-state index in [0.29, 0.717) is 5.69 Å². The Morgan fingerprint density at radius 2 is 2.05 bits per heavy atom. The zero-order chi connectivity index (χ0) is 14.4. The van der Waals surface area contributed by atoms with Gasteiger partial charge in [0, 0.05) is 16.5 Å². The van der Waals surface area contributed by atoms with E-state index in [9.17, 15) is 4.39 Å². The number of benzene rings is 1. The molecule has 1 aromatic carbocycles. The predicted molar refractivity (Wildman–Crippen MR) is 87.2 cm³/mol. The number of pyridine rings is 1. The number of hydrogen-bond acceptors (Lipinski definition) is 5. The second-order valence-corrected chi connectivity index (χ2v) is 6.83. The minimum absolute atomic E-state index is 0.274.